The predicted octanol–water partition coefficient (Wildman–Crippen LogP) is 3.38. The highest BCUT2D eigenvalue weighted by atomic mass is 32.1. The molecule has 2 aromatic rings. The summed E-state index contributed by atoms with van der Waals surface area (Å²) in [6.45, 7) is 1.86. The number of hydrogen-bond acceptors (Lipinski definition) is 3. The number of rotatable bonds is 2. The molecule has 0 radical (unpaired) electrons. The standard InChI is InChI=1S/C16H18FNO2S/c1-9-13-8-10(17)2-7-14(13)21-15(9)16(20)18-11-3-5-12(19)6-4-11/h2,7-8,11-12,19H,3-6H2,1H3,(H,18,20). The zero-order chi connectivity index (χ0) is 15.0. The lowest BCUT2D eigenvalue weighted by atomic mass is 9.93. The van der Waals surface area contributed by atoms with Gasteiger partial charge >= 0.3 is 0 Å². The molecule has 1 amide bonds. The van der Waals surface area contributed by atoms with E-state index in [0.717, 1.165) is 41.3 Å². The van der Waals surface area contributed by atoms with Gasteiger partial charge in [0.15, 0.2) is 0 Å². The van der Waals surface area contributed by atoms with Gasteiger partial charge in [0.2, 0.25) is 0 Å². The lowest BCUT2D eigenvalue weighted by Crippen LogP contribution is -2.38. The van der Waals surface area contributed by atoms with Gasteiger partial charge in [-0.25, -0.2) is 4.39 Å². The zero-order valence-electron chi connectivity index (χ0n) is 11.9. The van der Waals surface area contributed by atoms with E-state index < -0.39 is 0 Å². The average molecular weight is 307 g/mol. The quantitative estimate of drug-likeness (QED) is 0.893. The second-order valence-electron chi connectivity index (χ2n) is 5.68. The van der Waals surface area contributed by atoms with Crippen molar-refractivity contribution < 1.29 is 14.3 Å². The minimum atomic E-state index is -0.281. The number of benzene rings is 1. The molecule has 1 aliphatic carbocycles. The fourth-order valence-electron chi connectivity index (χ4n) is 2.88. The van der Waals surface area contributed by atoms with Crippen molar-refractivity contribution in [1.82, 2.24) is 5.32 Å². The van der Waals surface area contributed by atoms with Crippen LogP contribution in [-0.4, -0.2) is 23.2 Å². The first-order valence-electron chi connectivity index (χ1n) is 7.22. The van der Waals surface area contributed by atoms with Crippen LogP contribution >= 0.6 is 11.3 Å². The van der Waals surface area contributed by atoms with E-state index in [1.807, 2.05) is 6.92 Å². The van der Waals surface area contributed by atoms with E-state index in [9.17, 15) is 14.3 Å². The van der Waals surface area contributed by atoms with E-state index in [2.05, 4.69) is 5.32 Å². The summed E-state index contributed by atoms with van der Waals surface area (Å²) >= 11 is 1.40. The monoisotopic (exact) mass is 307 g/mol. The normalized spacial score (nSPS) is 22.4. The molecule has 1 aromatic heterocycles. The number of aliphatic hydroxyl groups is 1. The van der Waals surface area contributed by atoms with Crippen molar-refractivity contribution in [1.29, 1.82) is 0 Å². The van der Waals surface area contributed by atoms with Crippen LogP contribution in [-0.2, 0) is 0 Å². The van der Waals surface area contributed by atoms with Gasteiger partial charge in [-0.05, 0) is 61.8 Å². The van der Waals surface area contributed by atoms with Crippen LogP contribution in [0, 0.1) is 12.7 Å². The Labute approximate surface area is 126 Å². The Hall–Kier alpha value is -1.46. The molecule has 1 aromatic carbocycles. The molecule has 1 aliphatic rings. The Morgan fingerprint density at radius 1 is 1.33 bits per heavy atom. The molecule has 2 N–H and O–H groups in total. The molecular weight excluding hydrogens is 289 g/mol. The maximum Gasteiger partial charge on any atom is 0.261 e. The van der Waals surface area contributed by atoms with Crippen LogP contribution in [0.5, 0.6) is 0 Å². The number of fused-ring (bicyclic) bond motifs is 1. The lowest BCUT2D eigenvalue weighted by molar-refractivity contribution is 0.0871. The highest BCUT2D eigenvalue weighted by Gasteiger charge is 2.23. The molecule has 21 heavy (non-hydrogen) atoms. The summed E-state index contributed by atoms with van der Waals surface area (Å²) in [6.07, 6.45) is 2.87. The van der Waals surface area contributed by atoms with E-state index in [1.54, 1.807) is 6.07 Å². The summed E-state index contributed by atoms with van der Waals surface area (Å²) in [5.74, 6) is -0.368. The third kappa shape index (κ3) is 2.94. The number of aliphatic hydroxyl groups excluding tert-OH is 1. The van der Waals surface area contributed by atoms with Crippen LogP contribution in [0.1, 0.15) is 40.9 Å². The number of carbonyl (C=O) groups is 1. The van der Waals surface area contributed by atoms with Crippen molar-refractivity contribution in [3.05, 3.63) is 34.5 Å². The molecule has 0 unspecified atom stereocenters. The molecule has 0 spiro atoms. The fourth-order valence-corrected chi connectivity index (χ4v) is 3.97. The first-order valence-corrected chi connectivity index (χ1v) is 8.04. The van der Waals surface area contributed by atoms with Gasteiger partial charge in [0.1, 0.15) is 5.82 Å². The summed E-state index contributed by atoms with van der Waals surface area (Å²) in [5.41, 5.74) is 0.836. The van der Waals surface area contributed by atoms with Crippen LogP contribution in [0.4, 0.5) is 4.39 Å². The fraction of sp³-hybridized carbons (Fsp3) is 0.438. The summed E-state index contributed by atoms with van der Waals surface area (Å²) in [4.78, 5) is 13.1. The Morgan fingerprint density at radius 2 is 2.05 bits per heavy atom. The molecular formula is C16H18FNO2S. The van der Waals surface area contributed by atoms with Gasteiger partial charge in [0.25, 0.3) is 5.91 Å². The van der Waals surface area contributed by atoms with E-state index in [4.69, 9.17) is 0 Å². The number of nitrogens with one attached hydrogen (secondary N) is 1. The Morgan fingerprint density at radius 3 is 2.76 bits per heavy atom. The number of amides is 1. The number of thiophene rings is 1. The zero-order valence-corrected chi connectivity index (χ0v) is 12.7. The lowest BCUT2D eigenvalue weighted by Gasteiger charge is -2.26. The Balaban J connectivity index is 1.80. The molecule has 0 aliphatic heterocycles. The van der Waals surface area contributed by atoms with Crippen LogP contribution in [0.2, 0.25) is 0 Å². The summed E-state index contributed by atoms with van der Waals surface area (Å²) < 4.78 is 14.2. The summed E-state index contributed by atoms with van der Waals surface area (Å²) in [7, 11) is 0. The van der Waals surface area contributed by atoms with E-state index in [0.29, 0.717) is 4.88 Å². The van der Waals surface area contributed by atoms with Gasteiger partial charge in [0, 0.05) is 10.7 Å². The SMILES string of the molecule is Cc1c(C(=O)NC2CCC(O)CC2)sc2ccc(F)cc12. The highest BCUT2D eigenvalue weighted by molar-refractivity contribution is 7.21. The van der Waals surface area contributed by atoms with Crippen molar-refractivity contribution in [2.45, 2.75) is 44.8 Å². The third-order valence-electron chi connectivity index (χ3n) is 4.14. The third-order valence-corrected chi connectivity index (χ3v) is 5.41. The molecule has 112 valence electrons. The molecule has 1 saturated carbocycles. The highest BCUT2D eigenvalue weighted by Crippen LogP contribution is 2.31. The second-order valence-corrected chi connectivity index (χ2v) is 6.73. The van der Waals surface area contributed by atoms with Crippen molar-refractivity contribution in [2.24, 2.45) is 0 Å². The molecule has 0 atom stereocenters. The number of hydrogen-bond donors (Lipinski definition) is 2. The largest absolute Gasteiger partial charge is 0.393 e. The second kappa shape index (κ2) is 5.73. The van der Waals surface area contributed by atoms with E-state index in [-0.39, 0.29) is 23.9 Å². The van der Waals surface area contributed by atoms with E-state index >= 15 is 0 Å². The smallest absolute Gasteiger partial charge is 0.261 e. The maximum absolute atomic E-state index is 13.3. The average Bonchev–Trinajstić information content (AvgIpc) is 2.79. The molecule has 1 fully saturated rings. The minimum absolute atomic E-state index is 0.0875. The van der Waals surface area contributed by atoms with Gasteiger partial charge in [0.05, 0.1) is 11.0 Å². The van der Waals surface area contributed by atoms with E-state index in [1.165, 1.54) is 23.5 Å². The van der Waals surface area contributed by atoms with Crippen LogP contribution in [0.15, 0.2) is 18.2 Å². The molecule has 1 heterocycles. The Kier molecular flexibility index (Phi) is 3.95. The topological polar surface area (TPSA) is 49.3 Å². The predicted molar refractivity (Wildman–Crippen MR) is 82.2 cm³/mol. The maximum atomic E-state index is 13.3. The molecule has 3 nitrogen and oxygen atoms in total. The number of carbonyl (C=O) groups excluding carboxylic acids is 1. The summed E-state index contributed by atoms with van der Waals surface area (Å²) in [6, 6.07) is 4.75. The van der Waals surface area contributed by atoms with Crippen LogP contribution in [0.3, 0.4) is 0 Å². The van der Waals surface area contributed by atoms with Gasteiger partial charge in [-0.15, -0.1) is 11.3 Å². The van der Waals surface area contributed by atoms with Crippen molar-refractivity contribution in [3.8, 4) is 0 Å². The first-order chi connectivity index (χ1) is 10.0. The minimum Gasteiger partial charge on any atom is -0.393 e. The van der Waals surface area contributed by atoms with Gasteiger partial charge in [-0.2, -0.15) is 0 Å². The summed E-state index contributed by atoms with van der Waals surface area (Å²) in [5, 5.41) is 13.3. The van der Waals surface area contributed by atoms with Crippen LogP contribution < -0.4 is 5.32 Å². The molecule has 3 rings (SSSR count). The molecule has 5 heteroatoms. The molecule has 0 bridgehead atoms. The van der Waals surface area contributed by atoms with Crippen molar-refractivity contribution >= 4 is 27.3 Å². The van der Waals surface area contributed by atoms with Crippen molar-refractivity contribution in [2.75, 3.05) is 0 Å². The number of halogens is 1. The Bertz CT molecular complexity index is 674. The first kappa shape index (κ1) is 14.5. The number of aryl methyl sites for hydroxylation is 1. The van der Waals surface area contributed by atoms with Gasteiger partial charge in [-0.3, -0.25) is 4.79 Å². The van der Waals surface area contributed by atoms with Gasteiger partial charge < -0.3 is 10.4 Å². The van der Waals surface area contributed by atoms with Crippen LogP contribution in [0.25, 0.3) is 10.1 Å². The molecule has 0 saturated heterocycles. The van der Waals surface area contributed by atoms with Crippen molar-refractivity contribution in [3.63, 3.8) is 0 Å². The van der Waals surface area contributed by atoms with Gasteiger partial charge in [-0.1, -0.05) is 0 Å².